The molecule has 0 unspecified atom stereocenters. The number of phenolic OH excluding ortho intramolecular Hbond substituents is 1. The van der Waals surface area contributed by atoms with E-state index in [2.05, 4.69) is 21.9 Å². The zero-order valence-electron chi connectivity index (χ0n) is 15.8. The number of halogens is 2. The van der Waals surface area contributed by atoms with E-state index in [1.165, 1.54) is 12.1 Å². The molecule has 150 valence electrons. The Bertz CT molecular complexity index is 1410. The van der Waals surface area contributed by atoms with E-state index in [9.17, 15) is 9.90 Å². The maximum atomic E-state index is 12.4. The third-order valence-electron chi connectivity index (χ3n) is 4.61. The number of aromatic hydroxyl groups is 1. The van der Waals surface area contributed by atoms with Crippen LogP contribution in [0.3, 0.4) is 0 Å². The van der Waals surface area contributed by atoms with E-state index in [1.54, 1.807) is 28.8 Å². The van der Waals surface area contributed by atoms with Gasteiger partial charge in [0.15, 0.2) is 0 Å². The summed E-state index contributed by atoms with van der Waals surface area (Å²) in [5, 5.41) is 16.0. The molecular formula is C22H16Cl2N4O2. The largest absolute Gasteiger partial charge is 0.507 e. The number of nitrogens with zero attached hydrogens (tertiary/aromatic N) is 2. The lowest BCUT2D eigenvalue weighted by Crippen LogP contribution is -2.10. The van der Waals surface area contributed by atoms with Gasteiger partial charge in [0.1, 0.15) is 11.4 Å². The first-order chi connectivity index (χ1) is 14.4. The standard InChI is InChI=1S/C22H16Cl2N4O2/c1-12-21(14-5-7-16(23)17(24)10-14)22-26-20(30)11-18(28(22)27-12)15-6-4-13(3-2-8-25)9-19(15)29/h4-7,9-11,29H,8,25H2,1H3,(H,26,30). The van der Waals surface area contributed by atoms with Gasteiger partial charge in [-0.2, -0.15) is 5.10 Å². The molecule has 0 aliphatic carbocycles. The molecule has 8 heteroatoms. The van der Waals surface area contributed by atoms with Crippen molar-refractivity contribution in [2.24, 2.45) is 5.73 Å². The number of phenols is 1. The van der Waals surface area contributed by atoms with E-state index in [4.69, 9.17) is 28.9 Å². The van der Waals surface area contributed by atoms with Gasteiger partial charge in [-0.1, -0.05) is 41.1 Å². The molecule has 0 radical (unpaired) electrons. The number of hydrogen-bond donors (Lipinski definition) is 3. The number of aromatic amines is 1. The lowest BCUT2D eigenvalue weighted by atomic mass is 10.1. The fourth-order valence-electron chi connectivity index (χ4n) is 3.32. The summed E-state index contributed by atoms with van der Waals surface area (Å²) >= 11 is 12.2. The van der Waals surface area contributed by atoms with Crippen molar-refractivity contribution in [3.63, 3.8) is 0 Å². The van der Waals surface area contributed by atoms with E-state index < -0.39 is 0 Å². The van der Waals surface area contributed by atoms with Gasteiger partial charge in [-0.3, -0.25) is 4.79 Å². The summed E-state index contributed by atoms with van der Waals surface area (Å²) in [6.07, 6.45) is 0. The molecule has 0 amide bonds. The predicted octanol–water partition coefficient (Wildman–Crippen LogP) is 3.99. The molecule has 30 heavy (non-hydrogen) atoms. The minimum Gasteiger partial charge on any atom is -0.507 e. The number of benzene rings is 2. The normalized spacial score (nSPS) is 10.8. The molecule has 2 aromatic heterocycles. The summed E-state index contributed by atoms with van der Waals surface area (Å²) in [4.78, 5) is 15.3. The van der Waals surface area contributed by atoms with Crippen LogP contribution in [0.15, 0.2) is 47.3 Å². The Labute approximate surface area is 181 Å². The summed E-state index contributed by atoms with van der Waals surface area (Å²) < 4.78 is 1.59. The summed E-state index contributed by atoms with van der Waals surface area (Å²) in [7, 11) is 0. The second-order valence-corrected chi connectivity index (χ2v) is 7.42. The van der Waals surface area contributed by atoms with Crippen molar-refractivity contribution in [2.45, 2.75) is 6.92 Å². The van der Waals surface area contributed by atoms with Crippen LogP contribution < -0.4 is 11.3 Å². The van der Waals surface area contributed by atoms with Crippen molar-refractivity contribution in [1.29, 1.82) is 0 Å². The van der Waals surface area contributed by atoms with Gasteiger partial charge in [-0.25, -0.2) is 4.52 Å². The van der Waals surface area contributed by atoms with Crippen LogP contribution in [0.1, 0.15) is 11.3 Å². The van der Waals surface area contributed by atoms with Crippen LogP contribution in [0.4, 0.5) is 0 Å². The fraction of sp³-hybridized carbons (Fsp3) is 0.0909. The number of fused-ring (bicyclic) bond motifs is 1. The Balaban J connectivity index is 1.95. The summed E-state index contributed by atoms with van der Waals surface area (Å²) in [6.45, 7) is 2.06. The zero-order valence-corrected chi connectivity index (χ0v) is 17.3. The smallest absolute Gasteiger partial charge is 0.251 e. The van der Waals surface area contributed by atoms with Gasteiger partial charge in [-0.15, -0.1) is 0 Å². The van der Waals surface area contributed by atoms with Gasteiger partial charge in [0.2, 0.25) is 0 Å². The molecular weight excluding hydrogens is 423 g/mol. The van der Waals surface area contributed by atoms with Crippen molar-refractivity contribution in [2.75, 3.05) is 6.54 Å². The molecule has 0 saturated heterocycles. The zero-order chi connectivity index (χ0) is 21.4. The number of H-pyrrole nitrogens is 1. The van der Waals surface area contributed by atoms with Crippen molar-refractivity contribution < 1.29 is 5.11 Å². The van der Waals surface area contributed by atoms with Gasteiger partial charge in [0, 0.05) is 22.8 Å². The van der Waals surface area contributed by atoms with Gasteiger partial charge in [0.25, 0.3) is 5.56 Å². The molecule has 0 bridgehead atoms. The average molecular weight is 439 g/mol. The molecule has 0 atom stereocenters. The van der Waals surface area contributed by atoms with Crippen molar-refractivity contribution in [1.82, 2.24) is 14.6 Å². The molecule has 2 aromatic carbocycles. The summed E-state index contributed by atoms with van der Waals surface area (Å²) in [5.74, 6) is 5.59. The van der Waals surface area contributed by atoms with E-state index in [1.807, 2.05) is 13.0 Å². The van der Waals surface area contributed by atoms with Crippen LogP contribution in [0, 0.1) is 18.8 Å². The third-order valence-corrected chi connectivity index (χ3v) is 5.35. The lowest BCUT2D eigenvalue weighted by Gasteiger charge is -2.08. The maximum Gasteiger partial charge on any atom is 0.251 e. The molecule has 4 aromatic rings. The summed E-state index contributed by atoms with van der Waals surface area (Å²) in [6, 6.07) is 11.6. The van der Waals surface area contributed by atoms with Gasteiger partial charge in [0.05, 0.1) is 28.0 Å². The first-order valence-corrected chi connectivity index (χ1v) is 9.75. The quantitative estimate of drug-likeness (QED) is 0.412. The highest BCUT2D eigenvalue weighted by atomic mass is 35.5. The van der Waals surface area contributed by atoms with Crippen LogP contribution in [-0.2, 0) is 0 Å². The molecule has 2 heterocycles. The SMILES string of the molecule is Cc1nn2c(-c3ccc(C#CCN)cc3O)cc(=O)[nH]c2c1-c1ccc(Cl)c(Cl)c1. The molecule has 0 aliphatic heterocycles. The fourth-order valence-corrected chi connectivity index (χ4v) is 3.62. The lowest BCUT2D eigenvalue weighted by molar-refractivity contribution is 0.476. The molecule has 4 N–H and O–H groups in total. The molecule has 4 rings (SSSR count). The number of rotatable bonds is 2. The number of aromatic nitrogens is 3. The van der Waals surface area contributed by atoms with Crippen LogP contribution in [0.25, 0.3) is 28.0 Å². The molecule has 0 aliphatic rings. The van der Waals surface area contributed by atoms with Crippen LogP contribution in [0.2, 0.25) is 10.0 Å². The first kappa shape index (κ1) is 20.0. The van der Waals surface area contributed by atoms with Crippen molar-refractivity contribution in [3.8, 4) is 40.0 Å². The second-order valence-electron chi connectivity index (χ2n) is 6.61. The Morgan fingerprint density at radius 3 is 2.67 bits per heavy atom. The van der Waals surface area contributed by atoms with Gasteiger partial charge < -0.3 is 15.8 Å². The monoisotopic (exact) mass is 438 g/mol. The van der Waals surface area contributed by atoms with Crippen molar-refractivity contribution >= 4 is 28.8 Å². The van der Waals surface area contributed by atoms with Gasteiger partial charge in [-0.05, 0) is 42.8 Å². The topological polar surface area (TPSA) is 96.4 Å². The molecule has 6 nitrogen and oxygen atoms in total. The third kappa shape index (κ3) is 3.55. The Morgan fingerprint density at radius 1 is 1.17 bits per heavy atom. The molecule has 0 fully saturated rings. The second kappa shape index (κ2) is 7.88. The van der Waals surface area contributed by atoms with Crippen LogP contribution >= 0.6 is 23.2 Å². The maximum absolute atomic E-state index is 12.4. The van der Waals surface area contributed by atoms with E-state index in [0.29, 0.717) is 38.2 Å². The highest BCUT2D eigenvalue weighted by molar-refractivity contribution is 6.42. The Hall–Kier alpha value is -3.24. The number of hydrogen-bond acceptors (Lipinski definition) is 4. The summed E-state index contributed by atoms with van der Waals surface area (Å²) in [5.41, 5.74) is 9.24. The van der Waals surface area contributed by atoms with E-state index >= 15 is 0 Å². The number of nitrogens with two attached hydrogens (primary N) is 1. The number of aryl methyl sites for hydroxylation is 1. The van der Waals surface area contributed by atoms with Crippen molar-refractivity contribution in [3.05, 3.63) is 74.1 Å². The van der Waals surface area contributed by atoms with Crippen LogP contribution in [0.5, 0.6) is 5.75 Å². The Morgan fingerprint density at radius 2 is 1.97 bits per heavy atom. The van der Waals surface area contributed by atoms with E-state index in [-0.39, 0.29) is 17.9 Å². The molecule has 0 saturated carbocycles. The first-order valence-electron chi connectivity index (χ1n) is 8.99. The predicted molar refractivity (Wildman–Crippen MR) is 119 cm³/mol. The average Bonchev–Trinajstić information content (AvgIpc) is 3.04. The Kier molecular flexibility index (Phi) is 5.27. The van der Waals surface area contributed by atoms with Crippen LogP contribution in [-0.4, -0.2) is 26.2 Å². The highest BCUT2D eigenvalue weighted by Gasteiger charge is 2.18. The molecule has 0 spiro atoms. The van der Waals surface area contributed by atoms with Gasteiger partial charge >= 0.3 is 0 Å². The minimum atomic E-state index is -0.329. The van der Waals surface area contributed by atoms with E-state index in [0.717, 1.165) is 11.1 Å². The number of nitrogens with one attached hydrogen (secondary N) is 1. The highest BCUT2D eigenvalue weighted by Crippen LogP contribution is 2.35. The minimum absolute atomic E-state index is 0.0186.